The van der Waals surface area contributed by atoms with Gasteiger partial charge in [0.05, 0.1) is 12.0 Å². The zero-order valence-corrected chi connectivity index (χ0v) is 15.3. The maximum absolute atomic E-state index is 12.5. The number of rotatable bonds is 6. The van der Waals surface area contributed by atoms with Crippen molar-refractivity contribution in [1.82, 2.24) is 5.32 Å². The SMILES string of the molecule is CCOC(=O)/C=C(\C)NC(C(=O)OC(=O)C(C)(C)C)c1ccccc1. The molecule has 6 nitrogen and oxygen atoms in total. The summed E-state index contributed by atoms with van der Waals surface area (Å²) in [6.07, 6.45) is 1.25. The number of ether oxygens (including phenoxy) is 2. The number of allylic oxidation sites excluding steroid dienone is 1. The number of nitrogens with one attached hydrogen (secondary N) is 1. The summed E-state index contributed by atoms with van der Waals surface area (Å²) in [6, 6.07) is 7.91. The first-order chi connectivity index (χ1) is 11.6. The van der Waals surface area contributed by atoms with Crippen LogP contribution < -0.4 is 5.32 Å². The zero-order valence-electron chi connectivity index (χ0n) is 15.3. The lowest BCUT2D eigenvalue weighted by Crippen LogP contribution is -2.34. The van der Waals surface area contributed by atoms with E-state index in [1.807, 2.05) is 6.07 Å². The Bertz CT molecular complexity index is 644. The third-order valence-corrected chi connectivity index (χ3v) is 3.17. The van der Waals surface area contributed by atoms with Crippen molar-refractivity contribution in [3.63, 3.8) is 0 Å². The number of benzene rings is 1. The van der Waals surface area contributed by atoms with Crippen molar-refractivity contribution in [2.45, 2.75) is 40.7 Å². The fourth-order valence-corrected chi connectivity index (χ4v) is 1.86. The summed E-state index contributed by atoms with van der Waals surface area (Å²) in [6.45, 7) is 8.59. The molecule has 1 N–H and O–H groups in total. The molecule has 1 rings (SSSR count). The smallest absolute Gasteiger partial charge is 0.340 e. The highest BCUT2D eigenvalue weighted by Gasteiger charge is 2.30. The van der Waals surface area contributed by atoms with E-state index in [-0.39, 0.29) is 6.61 Å². The van der Waals surface area contributed by atoms with Gasteiger partial charge >= 0.3 is 17.9 Å². The van der Waals surface area contributed by atoms with Crippen LogP contribution in [-0.2, 0) is 23.9 Å². The maximum atomic E-state index is 12.5. The molecule has 1 aromatic carbocycles. The number of hydrogen-bond donors (Lipinski definition) is 1. The van der Waals surface area contributed by atoms with E-state index in [9.17, 15) is 14.4 Å². The van der Waals surface area contributed by atoms with E-state index >= 15 is 0 Å². The monoisotopic (exact) mass is 347 g/mol. The van der Waals surface area contributed by atoms with E-state index in [2.05, 4.69) is 5.32 Å². The highest BCUT2D eigenvalue weighted by Crippen LogP contribution is 2.20. The van der Waals surface area contributed by atoms with Gasteiger partial charge in [-0.05, 0) is 40.2 Å². The molecule has 25 heavy (non-hydrogen) atoms. The molecule has 0 amide bonds. The zero-order chi connectivity index (χ0) is 19.0. The summed E-state index contributed by atoms with van der Waals surface area (Å²) in [5.74, 6) is -1.87. The van der Waals surface area contributed by atoms with Gasteiger partial charge in [0.25, 0.3) is 0 Å². The van der Waals surface area contributed by atoms with Crippen LogP contribution >= 0.6 is 0 Å². The van der Waals surface area contributed by atoms with Crippen molar-refractivity contribution < 1.29 is 23.9 Å². The van der Waals surface area contributed by atoms with Gasteiger partial charge in [0.1, 0.15) is 0 Å². The molecular formula is C19H25NO5. The van der Waals surface area contributed by atoms with Crippen LogP contribution in [0.2, 0.25) is 0 Å². The fraction of sp³-hybridized carbons (Fsp3) is 0.421. The second-order valence-corrected chi connectivity index (χ2v) is 6.53. The summed E-state index contributed by atoms with van der Waals surface area (Å²) < 4.78 is 9.84. The third-order valence-electron chi connectivity index (χ3n) is 3.17. The highest BCUT2D eigenvalue weighted by molar-refractivity contribution is 5.91. The van der Waals surface area contributed by atoms with Crippen molar-refractivity contribution in [2.75, 3.05) is 6.61 Å². The van der Waals surface area contributed by atoms with Gasteiger partial charge < -0.3 is 14.8 Å². The van der Waals surface area contributed by atoms with Gasteiger partial charge in [-0.2, -0.15) is 0 Å². The van der Waals surface area contributed by atoms with Gasteiger partial charge in [0.15, 0.2) is 6.04 Å². The topological polar surface area (TPSA) is 81.7 Å². The van der Waals surface area contributed by atoms with Crippen molar-refractivity contribution in [1.29, 1.82) is 0 Å². The second kappa shape index (κ2) is 9.01. The summed E-state index contributed by atoms with van der Waals surface area (Å²) >= 11 is 0. The Labute approximate surface area is 148 Å². The normalized spacial score (nSPS) is 12.9. The first kappa shape index (κ1) is 20.4. The second-order valence-electron chi connectivity index (χ2n) is 6.53. The third kappa shape index (κ3) is 6.79. The standard InChI is InChI=1S/C19H25NO5/c1-6-24-15(21)12-13(2)20-16(14-10-8-7-9-11-14)17(22)25-18(23)19(3,4)5/h7-12,16,20H,6H2,1-5H3/b13-12+. The molecule has 0 saturated heterocycles. The molecule has 1 aromatic rings. The Hall–Kier alpha value is -2.63. The van der Waals surface area contributed by atoms with E-state index in [1.165, 1.54) is 6.08 Å². The lowest BCUT2D eigenvalue weighted by atomic mass is 9.97. The molecule has 0 spiro atoms. The molecule has 0 aliphatic carbocycles. The minimum absolute atomic E-state index is 0.257. The molecular weight excluding hydrogens is 322 g/mol. The quantitative estimate of drug-likeness (QED) is 0.484. The summed E-state index contributed by atoms with van der Waals surface area (Å²) in [7, 11) is 0. The number of hydrogen-bond acceptors (Lipinski definition) is 6. The van der Waals surface area contributed by atoms with Gasteiger partial charge in [0.2, 0.25) is 0 Å². The van der Waals surface area contributed by atoms with Crippen LogP contribution in [0.3, 0.4) is 0 Å². The van der Waals surface area contributed by atoms with Gasteiger partial charge in [-0.25, -0.2) is 9.59 Å². The number of carbonyl (C=O) groups excluding carboxylic acids is 3. The minimum Gasteiger partial charge on any atom is -0.463 e. The van der Waals surface area contributed by atoms with Crippen molar-refractivity contribution in [2.24, 2.45) is 5.41 Å². The fourth-order valence-electron chi connectivity index (χ4n) is 1.86. The lowest BCUT2D eigenvalue weighted by molar-refractivity contribution is -0.167. The molecule has 0 aliphatic rings. The molecule has 0 aliphatic heterocycles. The van der Waals surface area contributed by atoms with Gasteiger partial charge in [0, 0.05) is 11.8 Å². The Balaban J connectivity index is 3.00. The average molecular weight is 347 g/mol. The van der Waals surface area contributed by atoms with E-state index < -0.39 is 29.4 Å². The summed E-state index contributed by atoms with van der Waals surface area (Å²) in [5, 5.41) is 2.91. The maximum Gasteiger partial charge on any atom is 0.340 e. The Kier molecular flexibility index (Phi) is 7.36. The molecule has 0 aromatic heterocycles. The Morgan fingerprint density at radius 2 is 1.76 bits per heavy atom. The molecule has 0 radical (unpaired) electrons. The van der Waals surface area contributed by atoms with E-state index in [0.717, 1.165) is 0 Å². The van der Waals surface area contributed by atoms with Crippen molar-refractivity contribution >= 4 is 17.9 Å². The van der Waals surface area contributed by atoms with Crippen LogP contribution in [0.25, 0.3) is 0 Å². The van der Waals surface area contributed by atoms with E-state index in [4.69, 9.17) is 9.47 Å². The van der Waals surface area contributed by atoms with Gasteiger partial charge in [-0.15, -0.1) is 0 Å². The van der Waals surface area contributed by atoms with Crippen LogP contribution in [-0.4, -0.2) is 24.5 Å². The molecule has 1 atom stereocenters. The average Bonchev–Trinajstić information content (AvgIpc) is 2.52. The molecule has 0 saturated carbocycles. The first-order valence-electron chi connectivity index (χ1n) is 8.07. The summed E-state index contributed by atoms with van der Waals surface area (Å²) in [4.78, 5) is 36.0. The number of carbonyl (C=O) groups is 3. The summed E-state index contributed by atoms with van der Waals surface area (Å²) in [5.41, 5.74) is 0.241. The number of esters is 3. The molecule has 0 bridgehead atoms. The molecule has 0 fully saturated rings. The largest absolute Gasteiger partial charge is 0.463 e. The van der Waals surface area contributed by atoms with Gasteiger partial charge in [-0.1, -0.05) is 30.3 Å². The molecule has 1 unspecified atom stereocenters. The Morgan fingerprint density at radius 1 is 1.16 bits per heavy atom. The predicted octanol–water partition coefficient (Wildman–Crippen LogP) is 2.90. The van der Waals surface area contributed by atoms with Crippen LogP contribution in [0.5, 0.6) is 0 Å². The van der Waals surface area contributed by atoms with Gasteiger partial charge in [-0.3, -0.25) is 4.79 Å². The highest BCUT2D eigenvalue weighted by atomic mass is 16.6. The predicted molar refractivity (Wildman–Crippen MR) is 93.3 cm³/mol. The Morgan fingerprint density at radius 3 is 2.28 bits per heavy atom. The molecule has 0 heterocycles. The van der Waals surface area contributed by atoms with Crippen molar-refractivity contribution in [3.05, 3.63) is 47.7 Å². The van der Waals surface area contributed by atoms with Crippen LogP contribution in [0.4, 0.5) is 0 Å². The first-order valence-corrected chi connectivity index (χ1v) is 8.07. The molecule has 6 heteroatoms. The lowest BCUT2D eigenvalue weighted by Gasteiger charge is -2.21. The molecule has 136 valence electrons. The minimum atomic E-state index is -0.918. The van der Waals surface area contributed by atoms with Crippen LogP contribution in [0.1, 0.15) is 46.2 Å². The van der Waals surface area contributed by atoms with Crippen LogP contribution in [0.15, 0.2) is 42.1 Å². The van der Waals surface area contributed by atoms with Crippen molar-refractivity contribution in [3.8, 4) is 0 Å². The van der Waals surface area contributed by atoms with E-state index in [1.54, 1.807) is 58.9 Å². The van der Waals surface area contributed by atoms with Crippen LogP contribution in [0, 0.1) is 5.41 Å². The van der Waals surface area contributed by atoms with E-state index in [0.29, 0.717) is 11.3 Å².